The summed E-state index contributed by atoms with van der Waals surface area (Å²) < 4.78 is 11.2. The molecular weight excluding hydrogens is 398 g/mol. The largest absolute Gasteiger partial charge is 0.454 e. The maximum Gasteiger partial charge on any atom is 0.231 e. The van der Waals surface area contributed by atoms with Crippen molar-refractivity contribution in [3.63, 3.8) is 0 Å². The van der Waals surface area contributed by atoms with Crippen molar-refractivity contribution in [3.05, 3.63) is 59.2 Å². The Bertz CT molecular complexity index is 995. The van der Waals surface area contributed by atoms with E-state index in [0.717, 1.165) is 73.5 Å². The molecule has 0 atom stereocenters. The Morgan fingerprint density at radius 2 is 2.03 bits per heavy atom. The number of nitrogens with one attached hydrogen (secondary N) is 1. The van der Waals surface area contributed by atoms with Crippen LogP contribution in [0.5, 0.6) is 11.5 Å². The van der Waals surface area contributed by atoms with E-state index in [0.29, 0.717) is 11.8 Å². The second-order valence-electron chi connectivity index (χ2n) is 7.58. The Morgan fingerprint density at radius 1 is 1.10 bits per heavy atom. The van der Waals surface area contributed by atoms with Crippen LogP contribution in [0.4, 0.5) is 5.69 Å². The molecule has 1 N–H and O–H groups in total. The second kappa shape index (κ2) is 10.0. The number of para-hydroxylation sites is 1. The number of rotatable bonds is 10. The minimum Gasteiger partial charge on any atom is -0.454 e. The maximum absolute atomic E-state index is 6.08. The molecule has 0 radical (unpaired) electrons. The van der Waals surface area contributed by atoms with Crippen LogP contribution in [-0.4, -0.2) is 36.3 Å². The molecule has 0 fully saturated rings. The third-order valence-electron chi connectivity index (χ3n) is 5.33. The van der Waals surface area contributed by atoms with E-state index in [4.69, 9.17) is 21.1 Å². The summed E-state index contributed by atoms with van der Waals surface area (Å²) >= 11 is 6.08. The lowest BCUT2D eigenvalue weighted by atomic mass is 10.1. The van der Waals surface area contributed by atoms with Crippen molar-refractivity contribution >= 4 is 28.2 Å². The van der Waals surface area contributed by atoms with Gasteiger partial charge >= 0.3 is 0 Å². The first-order chi connectivity index (χ1) is 14.7. The zero-order chi connectivity index (χ0) is 20.8. The van der Waals surface area contributed by atoms with E-state index >= 15 is 0 Å². The third-order valence-corrected chi connectivity index (χ3v) is 5.57. The monoisotopic (exact) mass is 425 g/mol. The number of hydrogen-bond donors (Lipinski definition) is 1. The Morgan fingerprint density at radius 3 is 2.93 bits per heavy atom. The molecule has 0 saturated heterocycles. The van der Waals surface area contributed by atoms with Crippen molar-refractivity contribution in [3.8, 4) is 11.5 Å². The van der Waals surface area contributed by atoms with E-state index in [1.54, 1.807) is 0 Å². The predicted molar refractivity (Wildman–Crippen MR) is 123 cm³/mol. The van der Waals surface area contributed by atoms with Crippen LogP contribution in [0.1, 0.15) is 31.7 Å². The summed E-state index contributed by atoms with van der Waals surface area (Å²) in [7, 11) is 0. The summed E-state index contributed by atoms with van der Waals surface area (Å²) in [5.41, 5.74) is 3.24. The standard InChI is InChI=1S/C24H28ClN3O2/c1-2-13-28(16-18-6-5-7-23-24(18)30-17-29-23)14-4-3-11-26-21-10-12-27-22-15-19(25)8-9-20(21)22/h5-10,12,15H,2-4,11,13-14,16-17H2,1H3,(H,26,27). The quantitative estimate of drug-likeness (QED) is 0.421. The second-order valence-corrected chi connectivity index (χ2v) is 8.02. The fraction of sp³-hybridized carbons (Fsp3) is 0.375. The van der Waals surface area contributed by atoms with E-state index in [1.807, 2.05) is 42.6 Å². The van der Waals surface area contributed by atoms with E-state index in [-0.39, 0.29) is 0 Å². The highest BCUT2D eigenvalue weighted by molar-refractivity contribution is 6.31. The molecule has 0 saturated carbocycles. The summed E-state index contributed by atoms with van der Waals surface area (Å²) in [4.78, 5) is 6.91. The first kappa shape index (κ1) is 20.8. The molecular formula is C24H28ClN3O2. The number of unbranched alkanes of at least 4 members (excludes halogenated alkanes) is 1. The molecule has 158 valence electrons. The van der Waals surface area contributed by atoms with Crippen LogP contribution in [0.2, 0.25) is 5.02 Å². The van der Waals surface area contributed by atoms with Crippen molar-refractivity contribution < 1.29 is 9.47 Å². The van der Waals surface area contributed by atoms with Gasteiger partial charge in [-0.3, -0.25) is 9.88 Å². The highest BCUT2D eigenvalue weighted by Gasteiger charge is 2.18. The number of pyridine rings is 1. The predicted octanol–water partition coefficient (Wildman–Crippen LogP) is 5.72. The summed E-state index contributed by atoms with van der Waals surface area (Å²) in [6.45, 7) is 6.51. The van der Waals surface area contributed by atoms with Crippen LogP contribution in [-0.2, 0) is 6.54 Å². The smallest absolute Gasteiger partial charge is 0.231 e. The molecule has 30 heavy (non-hydrogen) atoms. The van der Waals surface area contributed by atoms with Gasteiger partial charge in [0.1, 0.15) is 0 Å². The lowest BCUT2D eigenvalue weighted by Crippen LogP contribution is -2.25. The molecule has 1 aromatic heterocycles. The molecule has 3 aromatic rings. The summed E-state index contributed by atoms with van der Waals surface area (Å²) in [6.07, 6.45) is 5.20. The molecule has 1 aliphatic rings. The molecule has 6 heteroatoms. The summed E-state index contributed by atoms with van der Waals surface area (Å²) in [6, 6.07) is 14.0. The average molecular weight is 426 g/mol. The molecule has 2 aromatic carbocycles. The van der Waals surface area contributed by atoms with Crippen LogP contribution >= 0.6 is 11.6 Å². The number of fused-ring (bicyclic) bond motifs is 2. The van der Waals surface area contributed by atoms with Crippen molar-refractivity contribution in [2.24, 2.45) is 0 Å². The lowest BCUT2D eigenvalue weighted by molar-refractivity contribution is 0.171. The Kier molecular flexibility index (Phi) is 6.92. The highest BCUT2D eigenvalue weighted by Crippen LogP contribution is 2.36. The fourth-order valence-electron chi connectivity index (χ4n) is 3.90. The van der Waals surface area contributed by atoms with Crippen LogP contribution < -0.4 is 14.8 Å². The van der Waals surface area contributed by atoms with Gasteiger partial charge < -0.3 is 14.8 Å². The molecule has 0 amide bonds. The number of aromatic nitrogens is 1. The SMILES string of the molecule is CCCN(CCCCNc1ccnc2cc(Cl)ccc12)Cc1cccc2c1OCO2. The summed E-state index contributed by atoms with van der Waals surface area (Å²) in [5.74, 6) is 1.77. The van der Waals surface area contributed by atoms with Gasteiger partial charge in [-0.1, -0.05) is 30.7 Å². The van der Waals surface area contributed by atoms with Gasteiger partial charge in [-0.15, -0.1) is 0 Å². The minimum atomic E-state index is 0.321. The summed E-state index contributed by atoms with van der Waals surface area (Å²) in [5, 5.41) is 5.38. The molecule has 4 rings (SSSR count). The van der Waals surface area contributed by atoms with Crippen molar-refractivity contribution in [1.29, 1.82) is 0 Å². The third kappa shape index (κ3) is 4.97. The fourth-order valence-corrected chi connectivity index (χ4v) is 4.07. The van der Waals surface area contributed by atoms with Crippen LogP contribution in [0, 0.1) is 0 Å². The number of nitrogens with zero attached hydrogens (tertiary/aromatic N) is 2. The van der Waals surface area contributed by atoms with Gasteiger partial charge in [0.15, 0.2) is 11.5 Å². The Balaban J connectivity index is 1.28. The minimum absolute atomic E-state index is 0.321. The van der Waals surface area contributed by atoms with Gasteiger partial charge in [0.25, 0.3) is 0 Å². The molecule has 0 spiro atoms. The molecule has 0 bridgehead atoms. The molecule has 1 aliphatic heterocycles. The highest BCUT2D eigenvalue weighted by atomic mass is 35.5. The molecule has 0 aliphatic carbocycles. The number of hydrogen-bond acceptors (Lipinski definition) is 5. The molecule has 5 nitrogen and oxygen atoms in total. The van der Waals surface area contributed by atoms with E-state index < -0.39 is 0 Å². The van der Waals surface area contributed by atoms with Crippen molar-refractivity contribution in [2.45, 2.75) is 32.7 Å². The number of ether oxygens (including phenoxy) is 2. The van der Waals surface area contributed by atoms with Crippen LogP contribution in [0.15, 0.2) is 48.7 Å². The van der Waals surface area contributed by atoms with E-state index in [2.05, 4.69) is 28.2 Å². The van der Waals surface area contributed by atoms with Gasteiger partial charge in [0.2, 0.25) is 6.79 Å². The number of halogens is 1. The first-order valence-corrected chi connectivity index (χ1v) is 11.0. The maximum atomic E-state index is 6.08. The molecule has 2 heterocycles. The zero-order valence-corrected chi connectivity index (χ0v) is 18.1. The van der Waals surface area contributed by atoms with Gasteiger partial charge in [-0.2, -0.15) is 0 Å². The first-order valence-electron chi connectivity index (χ1n) is 10.6. The van der Waals surface area contributed by atoms with Crippen molar-refractivity contribution in [1.82, 2.24) is 9.88 Å². The topological polar surface area (TPSA) is 46.6 Å². The van der Waals surface area contributed by atoms with E-state index in [9.17, 15) is 0 Å². The number of anilines is 1. The van der Waals surface area contributed by atoms with Gasteiger partial charge in [-0.05, 0) is 62.7 Å². The normalized spacial score (nSPS) is 12.6. The van der Waals surface area contributed by atoms with Gasteiger partial charge in [0, 0.05) is 40.9 Å². The van der Waals surface area contributed by atoms with Crippen molar-refractivity contribution in [2.75, 3.05) is 31.7 Å². The number of benzene rings is 2. The van der Waals surface area contributed by atoms with E-state index in [1.165, 1.54) is 5.56 Å². The Hall–Kier alpha value is -2.50. The zero-order valence-electron chi connectivity index (χ0n) is 17.4. The van der Waals surface area contributed by atoms with Gasteiger partial charge in [-0.25, -0.2) is 0 Å². The molecule has 0 unspecified atom stereocenters. The van der Waals surface area contributed by atoms with Crippen LogP contribution in [0.3, 0.4) is 0 Å². The van der Waals surface area contributed by atoms with Gasteiger partial charge in [0.05, 0.1) is 5.52 Å². The Labute approximate surface area is 183 Å². The van der Waals surface area contributed by atoms with Crippen LogP contribution in [0.25, 0.3) is 10.9 Å². The lowest BCUT2D eigenvalue weighted by Gasteiger charge is -2.22. The average Bonchev–Trinajstić information content (AvgIpc) is 3.23.